The highest BCUT2D eigenvalue weighted by Crippen LogP contribution is 2.29. The summed E-state index contributed by atoms with van der Waals surface area (Å²) >= 11 is 0. The zero-order valence-corrected chi connectivity index (χ0v) is 12.9. The Labute approximate surface area is 133 Å². The van der Waals surface area contributed by atoms with Crippen LogP contribution in [-0.4, -0.2) is 21.9 Å². The number of carboxylic acid groups (broad SMARTS) is 1. The topological polar surface area (TPSA) is 110 Å². The third-order valence-electron chi connectivity index (χ3n) is 4.39. The maximum Gasteiger partial charge on any atom is 0.306 e. The van der Waals surface area contributed by atoms with E-state index in [1.807, 2.05) is 0 Å². The van der Waals surface area contributed by atoms with Crippen molar-refractivity contribution in [3.8, 4) is 0 Å². The van der Waals surface area contributed by atoms with Crippen molar-refractivity contribution in [1.82, 2.24) is 5.32 Å². The number of carboxylic acids is 1. The second-order valence-corrected chi connectivity index (χ2v) is 5.97. The molecule has 0 aliphatic heterocycles. The van der Waals surface area contributed by atoms with Crippen molar-refractivity contribution in [2.45, 2.75) is 38.6 Å². The molecule has 2 rings (SSSR count). The molecule has 1 atom stereocenters. The van der Waals surface area contributed by atoms with Gasteiger partial charge in [0.25, 0.3) is 5.69 Å². The molecule has 1 aromatic rings. The first-order valence-corrected chi connectivity index (χ1v) is 7.66. The van der Waals surface area contributed by atoms with Crippen LogP contribution in [0.4, 0.5) is 5.69 Å². The lowest BCUT2D eigenvalue weighted by atomic mass is 9.81. The number of nitro groups is 1. The fraction of sp³-hybridized carbons (Fsp3) is 0.500. The SMILES string of the molecule is CC(NC(=O)C1CCC(C(=O)O)CC1)c1cccc([N+](=O)[O-])c1. The first-order valence-electron chi connectivity index (χ1n) is 7.66. The van der Waals surface area contributed by atoms with Crippen LogP contribution in [0.2, 0.25) is 0 Å². The van der Waals surface area contributed by atoms with Gasteiger partial charge in [0.05, 0.1) is 16.9 Å². The van der Waals surface area contributed by atoms with Crippen LogP contribution in [0.5, 0.6) is 0 Å². The average molecular weight is 320 g/mol. The van der Waals surface area contributed by atoms with E-state index in [9.17, 15) is 19.7 Å². The van der Waals surface area contributed by atoms with E-state index in [0.717, 1.165) is 0 Å². The number of hydrogen-bond acceptors (Lipinski definition) is 4. The lowest BCUT2D eigenvalue weighted by Crippen LogP contribution is -2.35. The maximum atomic E-state index is 12.3. The van der Waals surface area contributed by atoms with E-state index in [1.54, 1.807) is 19.1 Å². The average Bonchev–Trinajstić information content (AvgIpc) is 2.54. The summed E-state index contributed by atoms with van der Waals surface area (Å²) in [6.45, 7) is 1.78. The highest BCUT2D eigenvalue weighted by Gasteiger charge is 2.30. The normalized spacial score (nSPS) is 22.1. The van der Waals surface area contributed by atoms with Gasteiger partial charge < -0.3 is 10.4 Å². The summed E-state index contributed by atoms with van der Waals surface area (Å²) in [7, 11) is 0. The first-order chi connectivity index (χ1) is 10.9. The number of aliphatic carboxylic acids is 1. The molecule has 1 amide bonds. The van der Waals surface area contributed by atoms with Gasteiger partial charge in [0.2, 0.25) is 5.91 Å². The largest absolute Gasteiger partial charge is 0.481 e. The van der Waals surface area contributed by atoms with Gasteiger partial charge in [-0.3, -0.25) is 19.7 Å². The van der Waals surface area contributed by atoms with Gasteiger partial charge in [-0.05, 0) is 38.2 Å². The monoisotopic (exact) mass is 320 g/mol. The molecule has 1 aromatic carbocycles. The van der Waals surface area contributed by atoms with Crippen molar-refractivity contribution in [2.24, 2.45) is 11.8 Å². The molecule has 124 valence electrons. The minimum Gasteiger partial charge on any atom is -0.481 e. The molecule has 1 aliphatic rings. The smallest absolute Gasteiger partial charge is 0.306 e. The molecule has 7 heteroatoms. The summed E-state index contributed by atoms with van der Waals surface area (Å²) < 4.78 is 0. The minimum absolute atomic E-state index is 0.00874. The number of carbonyl (C=O) groups is 2. The third-order valence-corrected chi connectivity index (χ3v) is 4.39. The first kappa shape index (κ1) is 16.9. The number of nitro benzene ring substituents is 1. The number of nitrogens with zero attached hydrogens (tertiary/aromatic N) is 1. The number of benzene rings is 1. The molecule has 1 fully saturated rings. The Morgan fingerprint density at radius 2 is 1.87 bits per heavy atom. The maximum absolute atomic E-state index is 12.3. The molecule has 2 N–H and O–H groups in total. The molecule has 1 unspecified atom stereocenters. The van der Waals surface area contributed by atoms with Gasteiger partial charge in [0.15, 0.2) is 0 Å². The van der Waals surface area contributed by atoms with Crippen LogP contribution >= 0.6 is 0 Å². The van der Waals surface area contributed by atoms with Crippen molar-refractivity contribution < 1.29 is 19.6 Å². The fourth-order valence-corrected chi connectivity index (χ4v) is 2.92. The van der Waals surface area contributed by atoms with Crippen molar-refractivity contribution in [3.63, 3.8) is 0 Å². The number of hydrogen-bond donors (Lipinski definition) is 2. The number of carbonyl (C=O) groups excluding carboxylic acids is 1. The van der Waals surface area contributed by atoms with E-state index in [2.05, 4.69) is 5.32 Å². The van der Waals surface area contributed by atoms with Gasteiger partial charge in [-0.25, -0.2) is 0 Å². The Balaban J connectivity index is 1.94. The fourth-order valence-electron chi connectivity index (χ4n) is 2.92. The molecule has 1 saturated carbocycles. The molecule has 0 heterocycles. The van der Waals surface area contributed by atoms with E-state index in [1.165, 1.54) is 12.1 Å². The number of nitrogens with one attached hydrogen (secondary N) is 1. The molecule has 23 heavy (non-hydrogen) atoms. The van der Waals surface area contributed by atoms with Crippen LogP contribution < -0.4 is 5.32 Å². The van der Waals surface area contributed by atoms with Gasteiger partial charge in [-0.2, -0.15) is 0 Å². The summed E-state index contributed by atoms with van der Waals surface area (Å²) in [5.41, 5.74) is 0.664. The minimum atomic E-state index is -0.797. The van der Waals surface area contributed by atoms with Crippen LogP contribution in [0.1, 0.15) is 44.2 Å². The van der Waals surface area contributed by atoms with Crippen molar-refractivity contribution in [3.05, 3.63) is 39.9 Å². The molecular formula is C16H20N2O5. The second-order valence-electron chi connectivity index (χ2n) is 5.97. The molecule has 0 aromatic heterocycles. The number of non-ortho nitro benzene ring substituents is 1. The highest BCUT2D eigenvalue weighted by molar-refractivity contribution is 5.79. The van der Waals surface area contributed by atoms with E-state index in [4.69, 9.17) is 5.11 Å². The highest BCUT2D eigenvalue weighted by atomic mass is 16.6. The molecule has 0 saturated heterocycles. The predicted octanol–water partition coefficient (Wildman–Crippen LogP) is 2.66. The Kier molecular flexibility index (Phi) is 5.31. The zero-order valence-electron chi connectivity index (χ0n) is 12.9. The zero-order chi connectivity index (χ0) is 17.0. The molecule has 0 radical (unpaired) electrons. The van der Waals surface area contributed by atoms with E-state index < -0.39 is 10.9 Å². The summed E-state index contributed by atoms with van der Waals surface area (Å²) in [6.07, 6.45) is 2.14. The van der Waals surface area contributed by atoms with Crippen molar-refractivity contribution >= 4 is 17.6 Å². The van der Waals surface area contributed by atoms with Crippen molar-refractivity contribution in [2.75, 3.05) is 0 Å². The van der Waals surface area contributed by atoms with Crippen LogP contribution in [0.3, 0.4) is 0 Å². The number of amides is 1. The lowest BCUT2D eigenvalue weighted by Gasteiger charge is -2.26. The van der Waals surface area contributed by atoms with Gasteiger partial charge >= 0.3 is 5.97 Å². The second kappa shape index (κ2) is 7.21. The van der Waals surface area contributed by atoms with Gasteiger partial charge in [0.1, 0.15) is 0 Å². The molecule has 7 nitrogen and oxygen atoms in total. The quantitative estimate of drug-likeness (QED) is 0.640. The Morgan fingerprint density at radius 3 is 2.43 bits per heavy atom. The standard InChI is InChI=1S/C16H20N2O5/c1-10(13-3-2-4-14(9-13)18(22)23)17-15(19)11-5-7-12(8-6-11)16(20)21/h2-4,9-12H,5-8H2,1H3,(H,17,19)(H,20,21). The van der Waals surface area contributed by atoms with E-state index in [0.29, 0.717) is 31.2 Å². The van der Waals surface area contributed by atoms with Crippen LogP contribution in [0.15, 0.2) is 24.3 Å². The molecule has 0 bridgehead atoms. The summed E-state index contributed by atoms with van der Waals surface area (Å²) in [6, 6.07) is 5.85. The molecule has 1 aliphatic carbocycles. The van der Waals surface area contributed by atoms with E-state index >= 15 is 0 Å². The summed E-state index contributed by atoms with van der Waals surface area (Å²) in [4.78, 5) is 33.5. The van der Waals surface area contributed by atoms with E-state index in [-0.39, 0.29) is 29.5 Å². The van der Waals surface area contributed by atoms with Gasteiger partial charge in [0, 0.05) is 18.1 Å². The Morgan fingerprint density at radius 1 is 1.26 bits per heavy atom. The van der Waals surface area contributed by atoms with Crippen LogP contribution in [0, 0.1) is 22.0 Å². The summed E-state index contributed by atoms with van der Waals surface area (Å²) in [5.74, 6) is -1.46. The molecule has 0 spiro atoms. The lowest BCUT2D eigenvalue weighted by molar-refractivity contribution is -0.384. The Bertz CT molecular complexity index is 608. The van der Waals surface area contributed by atoms with Crippen LogP contribution in [-0.2, 0) is 9.59 Å². The van der Waals surface area contributed by atoms with Crippen molar-refractivity contribution in [1.29, 1.82) is 0 Å². The Hall–Kier alpha value is -2.44. The van der Waals surface area contributed by atoms with Gasteiger partial charge in [-0.15, -0.1) is 0 Å². The molecular weight excluding hydrogens is 300 g/mol. The number of rotatable bonds is 5. The third kappa shape index (κ3) is 4.28. The van der Waals surface area contributed by atoms with Gasteiger partial charge in [-0.1, -0.05) is 12.1 Å². The predicted molar refractivity (Wildman–Crippen MR) is 82.7 cm³/mol. The van der Waals surface area contributed by atoms with Crippen LogP contribution in [0.25, 0.3) is 0 Å². The summed E-state index contributed by atoms with van der Waals surface area (Å²) in [5, 5.41) is 22.6.